The molecule has 0 aliphatic heterocycles. The highest BCUT2D eigenvalue weighted by Gasteiger charge is 2.29. The number of likely N-dealkylation sites (N-methyl/N-ethyl adjacent to an activating group) is 1. The molecule has 32 heavy (non-hydrogen) atoms. The minimum atomic E-state index is -3.67. The molecule has 3 rings (SSSR count). The van der Waals surface area contributed by atoms with Crippen LogP contribution in [0.4, 0.5) is 0 Å². The highest BCUT2D eigenvalue weighted by Crippen LogP contribution is 2.32. The van der Waals surface area contributed by atoms with E-state index >= 15 is 0 Å². The van der Waals surface area contributed by atoms with Crippen LogP contribution in [-0.4, -0.2) is 49.6 Å². The molecule has 0 spiro atoms. The number of hydrogen-bond acceptors (Lipinski definition) is 4. The van der Waals surface area contributed by atoms with Crippen LogP contribution < -0.4 is 5.32 Å². The molecule has 176 valence electrons. The molecule has 1 aliphatic rings. The zero-order valence-corrected chi connectivity index (χ0v) is 21.8. The van der Waals surface area contributed by atoms with Crippen LogP contribution in [0.15, 0.2) is 51.8 Å². The first-order valence-corrected chi connectivity index (χ1v) is 13.5. The molecule has 2 aromatic rings. The first kappa shape index (κ1) is 25.4. The lowest BCUT2D eigenvalue weighted by atomic mass is 9.88. The van der Waals surface area contributed by atoms with Crippen molar-refractivity contribution in [1.29, 1.82) is 0 Å². The third-order valence-corrected chi connectivity index (χ3v) is 8.73. The molecular formula is C25H35BrN2O3S. The SMILES string of the molecule is CCc1cc(Br)ccc1S(=O)(=O)N(C)C[C@H](O)CNC(C)(C)CC1Cc2ccccc2C1. The van der Waals surface area contributed by atoms with Gasteiger partial charge in [-0.15, -0.1) is 0 Å². The van der Waals surface area contributed by atoms with E-state index in [9.17, 15) is 13.5 Å². The van der Waals surface area contributed by atoms with Crippen LogP contribution in [0.1, 0.15) is 43.9 Å². The summed E-state index contributed by atoms with van der Waals surface area (Å²) >= 11 is 3.40. The number of aliphatic hydroxyl groups is 1. The van der Waals surface area contributed by atoms with Crippen molar-refractivity contribution < 1.29 is 13.5 Å². The van der Waals surface area contributed by atoms with E-state index in [0.717, 1.165) is 29.3 Å². The monoisotopic (exact) mass is 522 g/mol. The maximum absolute atomic E-state index is 13.1. The van der Waals surface area contributed by atoms with Gasteiger partial charge in [0.15, 0.2) is 0 Å². The van der Waals surface area contributed by atoms with Gasteiger partial charge in [0, 0.05) is 30.1 Å². The molecule has 1 atom stereocenters. The zero-order chi connectivity index (χ0) is 23.5. The Balaban J connectivity index is 1.54. The lowest BCUT2D eigenvalue weighted by Gasteiger charge is -2.31. The van der Waals surface area contributed by atoms with Crippen LogP contribution in [0.5, 0.6) is 0 Å². The number of halogens is 1. The molecule has 7 heteroatoms. The van der Waals surface area contributed by atoms with Gasteiger partial charge in [0.2, 0.25) is 10.0 Å². The topological polar surface area (TPSA) is 69.6 Å². The molecular weight excluding hydrogens is 488 g/mol. The smallest absolute Gasteiger partial charge is 0.243 e. The molecule has 5 nitrogen and oxygen atoms in total. The van der Waals surface area contributed by atoms with Crippen LogP contribution in [0, 0.1) is 5.92 Å². The van der Waals surface area contributed by atoms with E-state index in [-0.39, 0.29) is 12.1 Å². The molecule has 2 N–H and O–H groups in total. The fourth-order valence-corrected chi connectivity index (χ4v) is 6.57. The van der Waals surface area contributed by atoms with E-state index in [0.29, 0.717) is 23.8 Å². The Morgan fingerprint density at radius 3 is 2.41 bits per heavy atom. The number of sulfonamides is 1. The lowest BCUT2D eigenvalue weighted by molar-refractivity contribution is 0.135. The molecule has 0 fully saturated rings. The van der Waals surface area contributed by atoms with E-state index in [1.54, 1.807) is 12.1 Å². The number of rotatable bonds is 10. The van der Waals surface area contributed by atoms with Gasteiger partial charge in [-0.2, -0.15) is 4.31 Å². The maximum atomic E-state index is 13.1. The average molecular weight is 524 g/mol. The summed E-state index contributed by atoms with van der Waals surface area (Å²) in [7, 11) is -2.14. The van der Waals surface area contributed by atoms with E-state index in [1.807, 2.05) is 13.0 Å². The summed E-state index contributed by atoms with van der Waals surface area (Å²) in [6.45, 7) is 6.62. The fraction of sp³-hybridized carbons (Fsp3) is 0.520. The normalized spacial score (nSPS) is 15.8. The quantitative estimate of drug-likeness (QED) is 0.491. The van der Waals surface area contributed by atoms with E-state index < -0.39 is 16.1 Å². The summed E-state index contributed by atoms with van der Waals surface area (Å²) in [5.41, 5.74) is 3.50. The Bertz CT molecular complexity index is 1010. The van der Waals surface area contributed by atoms with Gasteiger partial charge in [-0.3, -0.25) is 0 Å². The molecule has 0 amide bonds. The number of nitrogens with one attached hydrogen (secondary N) is 1. The first-order chi connectivity index (χ1) is 15.0. The number of aliphatic hydroxyl groups excluding tert-OH is 1. The second kappa shape index (κ2) is 10.3. The second-order valence-corrected chi connectivity index (χ2v) is 12.5. The molecule has 0 unspecified atom stereocenters. The van der Waals surface area contributed by atoms with E-state index in [4.69, 9.17) is 0 Å². The number of aryl methyl sites for hydroxylation is 1. The Labute approximate surface area is 201 Å². The van der Waals surface area contributed by atoms with Crippen molar-refractivity contribution in [2.45, 2.75) is 63.0 Å². The van der Waals surface area contributed by atoms with Crippen molar-refractivity contribution in [2.24, 2.45) is 5.92 Å². The number of nitrogens with zero attached hydrogens (tertiary/aromatic N) is 1. The highest BCUT2D eigenvalue weighted by molar-refractivity contribution is 9.10. The Morgan fingerprint density at radius 1 is 1.19 bits per heavy atom. The molecule has 2 aromatic carbocycles. The second-order valence-electron chi connectivity index (χ2n) is 9.56. The summed E-state index contributed by atoms with van der Waals surface area (Å²) in [4.78, 5) is 0.298. The van der Waals surface area contributed by atoms with Gasteiger partial charge in [0.25, 0.3) is 0 Å². The number of fused-ring (bicyclic) bond motifs is 1. The minimum Gasteiger partial charge on any atom is -0.390 e. The molecule has 0 aromatic heterocycles. The van der Waals surface area contributed by atoms with Crippen LogP contribution in [0.25, 0.3) is 0 Å². The molecule has 1 aliphatic carbocycles. The van der Waals surface area contributed by atoms with Crippen molar-refractivity contribution in [3.63, 3.8) is 0 Å². The molecule has 0 radical (unpaired) electrons. The zero-order valence-electron chi connectivity index (χ0n) is 19.4. The molecule has 0 bridgehead atoms. The predicted octanol–water partition coefficient (Wildman–Crippen LogP) is 4.17. The Hall–Kier alpha value is -1.25. The van der Waals surface area contributed by atoms with Gasteiger partial charge in [0.05, 0.1) is 11.0 Å². The van der Waals surface area contributed by atoms with Crippen molar-refractivity contribution in [3.05, 3.63) is 63.6 Å². The largest absolute Gasteiger partial charge is 0.390 e. The van der Waals surface area contributed by atoms with Gasteiger partial charge in [-0.05, 0) is 80.3 Å². The van der Waals surface area contributed by atoms with Crippen molar-refractivity contribution in [2.75, 3.05) is 20.1 Å². The van der Waals surface area contributed by atoms with Crippen LogP contribution in [0.3, 0.4) is 0 Å². The summed E-state index contributed by atoms with van der Waals surface area (Å²) in [6, 6.07) is 13.8. The van der Waals surface area contributed by atoms with E-state index in [2.05, 4.69) is 59.4 Å². The third-order valence-electron chi connectivity index (χ3n) is 6.31. The maximum Gasteiger partial charge on any atom is 0.243 e. The van der Waals surface area contributed by atoms with Crippen LogP contribution in [-0.2, 0) is 29.3 Å². The summed E-state index contributed by atoms with van der Waals surface area (Å²) < 4.78 is 28.3. The van der Waals surface area contributed by atoms with Crippen LogP contribution in [0.2, 0.25) is 0 Å². The summed E-state index contributed by atoms with van der Waals surface area (Å²) in [5, 5.41) is 14.1. The van der Waals surface area contributed by atoms with Gasteiger partial charge in [-0.1, -0.05) is 47.1 Å². The van der Waals surface area contributed by atoms with Gasteiger partial charge < -0.3 is 10.4 Å². The van der Waals surface area contributed by atoms with Crippen molar-refractivity contribution in [3.8, 4) is 0 Å². The predicted molar refractivity (Wildman–Crippen MR) is 133 cm³/mol. The first-order valence-electron chi connectivity index (χ1n) is 11.3. The lowest BCUT2D eigenvalue weighted by Crippen LogP contribution is -2.47. The highest BCUT2D eigenvalue weighted by atomic mass is 79.9. The molecule has 0 heterocycles. The van der Waals surface area contributed by atoms with E-state index in [1.165, 1.54) is 22.5 Å². The van der Waals surface area contributed by atoms with Gasteiger partial charge >= 0.3 is 0 Å². The standard InChI is InChI=1S/C25H35BrN2O3S/c1-5-19-14-22(26)10-11-24(19)32(30,31)28(4)17-23(29)16-27-25(2,3)15-18-12-20-8-6-7-9-21(20)13-18/h6-11,14,18,23,27,29H,5,12-13,15-17H2,1-4H3/t23-/m1/s1. The van der Waals surface area contributed by atoms with Crippen LogP contribution >= 0.6 is 15.9 Å². The summed E-state index contributed by atoms with van der Waals surface area (Å²) in [5.74, 6) is 0.583. The third kappa shape index (κ3) is 6.20. The van der Waals surface area contributed by atoms with Crippen molar-refractivity contribution in [1.82, 2.24) is 9.62 Å². The van der Waals surface area contributed by atoms with Crippen molar-refractivity contribution >= 4 is 26.0 Å². The van der Waals surface area contributed by atoms with Gasteiger partial charge in [0.1, 0.15) is 0 Å². The number of benzene rings is 2. The number of β-amino-alcohol motifs (C(OH)–C–C–N with tert-alkyl or cyclic N) is 1. The summed E-state index contributed by atoms with van der Waals surface area (Å²) in [6.07, 6.45) is 3.01. The minimum absolute atomic E-state index is 0.0412. The Kier molecular flexibility index (Phi) is 8.20. The molecule has 0 saturated heterocycles. The Morgan fingerprint density at radius 2 is 1.81 bits per heavy atom. The average Bonchev–Trinajstić information content (AvgIpc) is 3.13. The fourth-order valence-electron chi connectivity index (χ4n) is 4.69. The molecule has 0 saturated carbocycles. The van der Waals surface area contributed by atoms with Gasteiger partial charge in [-0.25, -0.2) is 8.42 Å². The number of hydrogen-bond donors (Lipinski definition) is 2.